The molecule has 1 aliphatic carbocycles. The maximum absolute atomic E-state index is 12.5. The van der Waals surface area contributed by atoms with E-state index >= 15 is 0 Å². The monoisotopic (exact) mass is 315 g/mol. The first-order valence-electron chi connectivity index (χ1n) is 7.17. The predicted molar refractivity (Wildman–Crippen MR) is 81.7 cm³/mol. The van der Waals surface area contributed by atoms with E-state index in [4.69, 9.17) is 4.74 Å². The van der Waals surface area contributed by atoms with E-state index in [1.165, 1.54) is 0 Å². The van der Waals surface area contributed by atoms with Gasteiger partial charge in [-0.2, -0.15) is 0 Å². The summed E-state index contributed by atoms with van der Waals surface area (Å²) in [6.07, 6.45) is 3.98. The molecule has 1 heterocycles. The van der Waals surface area contributed by atoms with Crippen molar-refractivity contribution in [3.63, 3.8) is 0 Å². The number of nitrogens with zero attached hydrogens (tertiary/aromatic N) is 1. The van der Waals surface area contributed by atoms with E-state index < -0.39 is 15.6 Å². The summed E-state index contributed by atoms with van der Waals surface area (Å²) in [5.41, 5.74) is 0.364. The Morgan fingerprint density at radius 2 is 2.10 bits per heavy atom. The molecule has 0 aliphatic heterocycles. The summed E-state index contributed by atoms with van der Waals surface area (Å²) in [6.45, 7) is 4.59. The lowest BCUT2D eigenvalue weighted by Crippen LogP contribution is -2.46. The lowest BCUT2D eigenvalue weighted by atomic mass is 10.1. The number of nitrogens with one attached hydrogen (secondary N) is 2. The third-order valence-corrected chi connectivity index (χ3v) is 5.10. The first-order chi connectivity index (χ1) is 9.79. The number of rotatable bonds is 8. The Morgan fingerprint density at radius 1 is 1.43 bits per heavy atom. The van der Waals surface area contributed by atoms with E-state index in [1.807, 2.05) is 7.05 Å². The summed E-state index contributed by atoms with van der Waals surface area (Å²) >= 11 is 0. The molecule has 0 atom stereocenters. The normalized spacial score (nSPS) is 16.4. The van der Waals surface area contributed by atoms with Crippen LogP contribution in [0.2, 0.25) is 0 Å². The topological polar surface area (TPSA) is 72.4 Å². The van der Waals surface area contributed by atoms with Crippen LogP contribution in [0.5, 0.6) is 0 Å². The van der Waals surface area contributed by atoms with Gasteiger partial charge in [0.15, 0.2) is 0 Å². The largest absolute Gasteiger partial charge is 0.383 e. The van der Waals surface area contributed by atoms with Gasteiger partial charge in [-0.05, 0) is 39.8 Å². The second-order valence-corrected chi connectivity index (χ2v) is 7.94. The molecule has 0 saturated heterocycles. The number of ether oxygens (including phenoxy) is 1. The van der Waals surface area contributed by atoms with Crippen LogP contribution in [0.15, 0.2) is 17.2 Å². The van der Waals surface area contributed by atoms with Crippen LogP contribution in [-0.4, -0.2) is 39.3 Å². The fraction of sp³-hybridized carbons (Fsp3) is 0.714. The molecule has 6 nitrogen and oxygen atoms in total. The Labute approximate surface area is 126 Å². The van der Waals surface area contributed by atoms with Gasteiger partial charge < -0.3 is 14.6 Å². The van der Waals surface area contributed by atoms with Gasteiger partial charge in [0.05, 0.1) is 17.0 Å². The van der Waals surface area contributed by atoms with Crippen molar-refractivity contribution in [3.05, 3.63) is 18.0 Å². The second-order valence-electron chi connectivity index (χ2n) is 6.26. The summed E-state index contributed by atoms with van der Waals surface area (Å²) in [5, 5.41) is 3.08. The van der Waals surface area contributed by atoms with Gasteiger partial charge in [0.25, 0.3) is 0 Å². The lowest BCUT2D eigenvalue weighted by Gasteiger charge is -2.24. The number of sulfonamides is 1. The fourth-order valence-corrected chi connectivity index (χ4v) is 3.92. The average molecular weight is 315 g/mol. The van der Waals surface area contributed by atoms with Gasteiger partial charge in [-0.3, -0.25) is 0 Å². The molecule has 0 radical (unpaired) electrons. The number of methoxy groups -OCH3 is 1. The maximum atomic E-state index is 12.5. The van der Waals surface area contributed by atoms with Gasteiger partial charge in [0, 0.05) is 31.6 Å². The molecular weight excluding hydrogens is 290 g/mol. The molecule has 1 saturated carbocycles. The van der Waals surface area contributed by atoms with Crippen LogP contribution >= 0.6 is 0 Å². The van der Waals surface area contributed by atoms with Crippen LogP contribution in [-0.2, 0) is 21.3 Å². The molecule has 1 aromatic heterocycles. The first-order valence-corrected chi connectivity index (χ1v) is 8.65. The molecule has 7 heteroatoms. The summed E-state index contributed by atoms with van der Waals surface area (Å²) < 4.78 is 34.9. The van der Waals surface area contributed by atoms with Gasteiger partial charge >= 0.3 is 0 Å². The maximum Gasteiger partial charge on any atom is 0.242 e. The molecule has 0 aromatic carbocycles. The van der Waals surface area contributed by atoms with Crippen molar-refractivity contribution in [2.75, 3.05) is 20.8 Å². The Kier molecular flexibility index (Phi) is 4.77. The highest BCUT2D eigenvalue weighted by Gasteiger charge is 2.30. The van der Waals surface area contributed by atoms with Crippen LogP contribution in [0.25, 0.3) is 0 Å². The minimum Gasteiger partial charge on any atom is -0.383 e. The van der Waals surface area contributed by atoms with E-state index in [-0.39, 0.29) is 0 Å². The van der Waals surface area contributed by atoms with Crippen molar-refractivity contribution in [2.24, 2.45) is 0 Å². The van der Waals surface area contributed by atoms with E-state index in [0.29, 0.717) is 24.1 Å². The Morgan fingerprint density at radius 3 is 2.62 bits per heavy atom. The molecule has 1 aromatic rings. The first kappa shape index (κ1) is 16.5. The molecule has 120 valence electrons. The fourth-order valence-electron chi connectivity index (χ4n) is 2.47. The highest BCUT2D eigenvalue weighted by molar-refractivity contribution is 7.89. The van der Waals surface area contributed by atoms with Gasteiger partial charge in [0.1, 0.15) is 0 Å². The zero-order valence-electron chi connectivity index (χ0n) is 13.1. The number of aromatic nitrogens is 1. The van der Waals surface area contributed by atoms with Gasteiger partial charge in [0.2, 0.25) is 10.0 Å². The van der Waals surface area contributed by atoms with Crippen LogP contribution in [0.4, 0.5) is 0 Å². The highest BCUT2D eigenvalue weighted by Crippen LogP contribution is 2.37. The third kappa shape index (κ3) is 4.06. The lowest BCUT2D eigenvalue weighted by molar-refractivity contribution is 0.141. The van der Waals surface area contributed by atoms with Crippen LogP contribution in [0, 0.1) is 0 Å². The van der Waals surface area contributed by atoms with E-state index in [0.717, 1.165) is 18.5 Å². The molecule has 0 bridgehead atoms. The molecule has 0 amide bonds. The molecule has 1 aliphatic rings. The Bertz CT molecular complexity index is 589. The zero-order valence-corrected chi connectivity index (χ0v) is 14.0. The third-order valence-electron chi connectivity index (χ3n) is 3.43. The summed E-state index contributed by atoms with van der Waals surface area (Å²) in [4.78, 5) is 0.323. The predicted octanol–water partition coefficient (Wildman–Crippen LogP) is 1.25. The molecule has 0 unspecified atom stereocenters. The molecule has 2 rings (SSSR count). The quantitative estimate of drug-likeness (QED) is 0.757. The average Bonchev–Trinajstić information content (AvgIpc) is 3.09. The molecule has 0 spiro atoms. The molecular formula is C14H25N3O3S. The van der Waals surface area contributed by atoms with Gasteiger partial charge in [-0.25, -0.2) is 13.1 Å². The van der Waals surface area contributed by atoms with Crippen molar-refractivity contribution in [1.29, 1.82) is 0 Å². The summed E-state index contributed by atoms with van der Waals surface area (Å²) in [7, 11) is -0.125. The van der Waals surface area contributed by atoms with Gasteiger partial charge in [-0.1, -0.05) is 0 Å². The van der Waals surface area contributed by atoms with Crippen LogP contribution in [0.3, 0.4) is 0 Å². The van der Waals surface area contributed by atoms with E-state index in [2.05, 4.69) is 14.6 Å². The van der Waals surface area contributed by atoms with Crippen molar-refractivity contribution >= 4 is 10.0 Å². The second kappa shape index (κ2) is 6.08. The Hall–Kier alpha value is -0.890. The highest BCUT2D eigenvalue weighted by atomic mass is 32.2. The molecule has 21 heavy (non-hydrogen) atoms. The van der Waals surface area contributed by atoms with E-state index in [9.17, 15) is 8.42 Å². The summed E-state index contributed by atoms with van der Waals surface area (Å²) in [6, 6.07) is 2.20. The molecule has 1 fully saturated rings. The van der Waals surface area contributed by atoms with Crippen LogP contribution < -0.4 is 10.0 Å². The van der Waals surface area contributed by atoms with Crippen LogP contribution in [0.1, 0.15) is 38.4 Å². The number of hydrogen-bond donors (Lipinski definition) is 2. The van der Waals surface area contributed by atoms with Crippen molar-refractivity contribution in [2.45, 2.75) is 49.7 Å². The van der Waals surface area contributed by atoms with Crippen molar-refractivity contribution < 1.29 is 13.2 Å². The standard InChI is InChI=1S/C14H25N3O3S/c1-14(2,10-20-4)16-21(18,19)13-7-12(8-15-3)17(9-13)11-5-6-11/h7,9,11,15-16H,5-6,8,10H2,1-4H3. The number of hydrogen-bond acceptors (Lipinski definition) is 4. The van der Waals surface area contributed by atoms with Crippen molar-refractivity contribution in [3.8, 4) is 0 Å². The zero-order chi connectivity index (χ0) is 15.7. The SMILES string of the molecule is CNCc1cc(S(=O)(=O)NC(C)(C)COC)cn1C1CC1. The van der Waals surface area contributed by atoms with Crippen molar-refractivity contribution in [1.82, 2.24) is 14.6 Å². The summed E-state index contributed by atoms with van der Waals surface area (Å²) in [5.74, 6) is 0. The van der Waals surface area contributed by atoms with E-state index in [1.54, 1.807) is 33.2 Å². The molecule has 2 N–H and O–H groups in total. The minimum atomic E-state index is -3.54. The Balaban J connectivity index is 2.25. The smallest absolute Gasteiger partial charge is 0.242 e. The van der Waals surface area contributed by atoms with Gasteiger partial charge in [-0.15, -0.1) is 0 Å². The minimum absolute atomic E-state index is 0.318.